The highest BCUT2D eigenvalue weighted by Gasteiger charge is 2.34. The van der Waals surface area contributed by atoms with Crippen molar-refractivity contribution in [1.29, 1.82) is 0 Å². The van der Waals surface area contributed by atoms with Crippen LogP contribution in [0.15, 0.2) is 29.6 Å². The fourth-order valence-corrected chi connectivity index (χ4v) is 2.81. The van der Waals surface area contributed by atoms with Gasteiger partial charge in [0.1, 0.15) is 5.69 Å². The Kier molecular flexibility index (Phi) is 3.44. The van der Waals surface area contributed by atoms with Crippen LogP contribution in [0.2, 0.25) is 0 Å². The molecule has 3 rings (SSSR count). The van der Waals surface area contributed by atoms with Crippen LogP contribution in [0.3, 0.4) is 0 Å². The van der Waals surface area contributed by atoms with Gasteiger partial charge >= 0.3 is 0 Å². The largest absolute Gasteiger partial charge is 0.398 e. The molecule has 5 heteroatoms. The molecule has 1 saturated carbocycles. The lowest BCUT2D eigenvalue weighted by atomic mass is 10.1. The molecule has 104 valence electrons. The number of carbonyl (C=O) groups is 1. The molecule has 0 aliphatic heterocycles. The summed E-state index contributed by atoms with van der Waals surface area (Å²) in [6.07, 6.45) is 2.14. The van der Waals surface area contributed by atoms with Crippen LogP contribution in [-0.2, 0) is 6.54 Å². The van der Waals surface area contributed by atoms with Gasteiger partial charge in [-0.3, -0.25) is 4.79 Å². The summed E-state index contributed by atoms with van der Waals surface area (Å²) in [6, 6.07) is 8.05. The van der Waals surface area contributed by atoms with E-state index in [4.69, 9.17) is 5.73 Å². The Hall–Kier alpha value is -1.88. The summed E-state index contributed by atoms with van der Waals surface area (Å²) in [4.78, 5) is 18.8. The van der Waals surface area contributed by atoms with Crippen LogP contribution in [0.5, 0.6) is 0 Å². The van der Waals surface area contributed by atoms with Crippen molar-refractivity contribution in [3.8, 4) is 0 Å². The highest BCUT2D eigenvalue weighted by molar-refractivity contribution is 7.09. The van der Waals surface area contributed by atoms with Gasteiger partial charge in [-0.05, 0) is 31.4 Å². The third-order valence-corrected chi connectivity index (χ3v) is 4.26. The number of para-hydroxylation sites is 1. The average molecular weight is 287 g/mol. The first-order chi connectivity index (χ1) is 9.65. The van der Waals surface area contributed by atoms with E-state index in [0.717, 1.165) is 29.1 Å². The number of hydrogen-bond acceptors (Lipinski definition) is 4. The van der Waals surface area contributed by atoms with E-state index in [1.807, 2.05) is 41.5 Å². The summed E-state index contributed by atoms with van der Waals surface area (Å²) in [5.41, 5.74) is 8.27. The molecule has 1 aliphatic carbocycles. The molecule has 0 radical (unpaired) electrons. The van der Waals surface area contributed by atoms with Crippen molar-refractivity contribution in [3.05, 3.63) is 45.9 Å². The Balaban J connectivity index is 1.83. The predicted octanol–water partition coefficient (Wildman–Crippen LogP) is 2.84. The van der Waals surface area contributed by atoms with Crippen LogP contribution in [0.1, 0.15) is 33.9 Å². The van der Waals surface area contributed by atoms with E-state index in [9.17, 15) is 4.79 Å². The summed E-state index contributed by atoms with van der Waals surface area (Å²) in [7, 11) is 0. The zero-order valence-electron chi connectivity index (χ0n) is 11.4. The fraction of sp³-hybridized carbons (Fsp3) is 0.333. The first-order valence-corrected chi connectivity index (χ1v) is 7.59. The number of aromatic nitrogens is 1. The van der Waals surface area contributed by atoms with E-state index in [1.165, 1.54) is 11.3 Å². The first-order valence-electron chi connectivity index (χ1n) is 6.71. The predicted molar refractivity (Wildman–Crippen MR) is 80.6 cm³/mol. The highest BCUT2D eigenvalue weighted by Crippen LogP contribution is 2.30. The standard InChI is InChI=1S/C15H17N3OS/c1-10-17-14(9-20-10)15(19)18(12-6-7-12)8-11-4-2-3-5-13(11)16/h2-5,9,12H,6-8,16H2,1H3. The molecule has 0 unspecified atom stereocenters. The van der Waals surface area contributed by atoms with Gasteiger partial charge in [0, 0.05) is 23.7 Å². The van der Waals surface area contributed by atoms with Crippen LogP contribution in [0, 0.1) is 6.92 Å². The number of nitrogen functional groups attached to an aromatic ring is 1. The lowest BCUT2D eigenvalue weighted by Crippen LogP contribution is -2.33. The third-order valence-electron chi connectivity index (χ3n) is 3.48. The monoisotopic (exact) mass is 287 g/mol. The Morgan fingerprint density at radius 3 is 2.80 bits per heavy atom. The molecule has 1 fully saturated rings. The molecule has 1 aromatic heterocycles. The van der Waals surface area contributed by atoms with Crippen molar-refractivity contribution in [2.45, 2.75) is 32.4 Å². The molecule has 2 N–H and O–H groups in total. The van der Waals surface area contributed by atoms with Crippen LogP contribution < -0.4 is 5.73 Å². The molecule has 2 aromatic rings. The third kappa shape index (κ3) is 2.67. The Morgan fingerprint density at radius 1 is 1.45 bits per heavy atom. The van der Waals surface area contributed by atoms with E-state index in [0.29, 0.717) is 18.3 Å². The normalized spacial score (nSPS) is 14.2. The number of anilines is 1. The van der Waals surface area contributed by atoms with Gasteiger partial charge in [0.05, 0.1) is 5.01 Å². The topological polar surface area (TPSA) is 59.2 Å². The molecule has 1 amide bonds. The van der Waals surface area contributed by atoms with Gasteiger partial charge in [0.15, 0.2) is 0 Å². The van der Waals surface area contributed by atoms with Crippen LogP contribution in [0.25, 0.3) is 0 Å². The maximum atomic E-state index is 12.6. The van der Waals surface area contributed by atoms with Gasteiger partial charge in [-0.1, -0.05) is 18.2 Å². The lowest BCUT2D eigenvalue weighted by molar-refractivity contribution is 0.0725. The molecule has 1 heterocycles. The minimum absolute atomic E-state index is 0.0140. The lowest BCUT2D eigenvalue weighted by Gasteiger charge is -2.22. The second-order valence-corrected chi connectivity index (χ2v) is 6.18. The molecule has 1 aromatic carbocycles. The number of amides is 1. The summed E-state index contributed by atoms with van der Waals surface area (Å²) in [6.45, 7) is 2.48. The molecule has 4 nitrogen and oxygen atoms in total. The van der Waals surface area contributed by atoms with Crippen molar-refractivity contribution in [2.24, 2.45) is 0 Å². The van der Waals surface area contributed by atoms with E-state index < -0.39 is 0 Å². The number of nitrogens with two attached hydrogens (primary N) is 1. The van der Waals surface area contributed by atoms with Crippen molar-refractivity contribution in [2.75, 3.05) is 5.73 Å². The minimum Gasteiger partial charge on any atom is -0.398 e. The average Bonchev–Trinajstić information content (AvgIpc) is 3.18. The minimum atomic E-state index is 0.0140. The zero-order chi connectivity index (χ0) is 14.1. The van der Waals surface area contributed by atoms with Gasteiger partial charge in [-0.2, -0.15) is 0 Å². The number of thiazole rings is 1. The van der Waals surface area contributed by atoms with E-state index in [1.54, 1.807) is 0 Å². The maximum absolute atomic E-state index is 12.6. The van der Waals surface area contributed by atoms with Crippen LogP contribution >= 0.6 is 11.3 Å². The van der Waals surface area contributed by atoms with Gasteiger partial charge in [0.25, 0.3) is 5.91 Å². The Labute approximate surface area is 122 Å². The molecule has 1 aliphatic rings. The number of nitrogens with zero attached hydrogens (tertiary/aromatic N) is 2. The number of rotatable bonds is 4. The fourth-order valence-electron chi connectivity index (χ4n) is 2.22. The molecular formula is C15H17N3OS. The van der Waals surface area contributed by atoms with Gasteiger partial charge in [-0.15, -0.1) is 11.3 Å². The SMILES string of the molecule is Cc1nc(C(=O)N(Cc2ccccc2N)C2CC2)cs1. The van der Waals surface area contributed by atoms with Crippen LogP contribution in [-0.4, -0.2) is 21.8 Å². The van der Waals surface area contributed by atoms with Crippen molar-refractivity contribution >= 4 is 22.9 Å². The number of benzene rings is 1. The Bertz CT molecular complexity index is 634. The second kappa shape index (κ2) is 5.25. The summed E-state index contributed by atoms with van der Waals surface area (Å²) < 4.78 is 0. The van der Waals surface area contributed by atoms with E-state index >= 15 is 0 Å². The molecule has 0 bridgehead atoms. The summed E-state index contributed by atoms with van der Waals surface area (Å²) >= 11 is 1.51. The molecule has 0 spiro atoms. The molecule has 0 saturated heterocycles. The second-order valence-electron chi connectivity index (χ2n) is 5.11. The smallest absolute Gasteiger partial charge is 0.273 e. The van der Waals surface area contributed by atoms with E-state index in [2.05, 4.69) is 4.98 Å². The number of carbonyl (C=O) groups excluding carboxylic acids is 1. The molecular weight excluding hydrogens is 270 g/mol. The van der Waals surface area contributed by atoms with Gasteiger partial charge < -0.3 is 10.6 Å². The van der Waals surface area contributed by atoms with Crippen LogP contribution in [0.4, 0.5) is 5.69 Å². The maximum Gasteiger partial charge on any atom is 0.273 e. The summed E-state index contributed by atoms with van der Waals surface area (Å²) in [5.74, 6) is 0.0140. The van der Waals surface area contributed by atoms with Crippen molar-refractivity contribution < 1.29 is 4.79 Å². The van der Waals surface area contributed by atoms with E-state index in [-0.39, 0.29) is 5.91 Å². The van der Waals surface area contributed by atoms with Crippen molar-refractivity contribution in [3.63, 3.8) is 0 Å². The Morgan fingerprint density at radius 2 is 2.20 bits per heavy atom. The summed E-state index contributed by atoms with van der Waals surface area (Å²) in [5, 5.41) is 2.75. The van der Waals surface area contributed by atoms with Gasteiger partial charge in [0.2, 0.25) is 0 Å². The highest BCUT2D eigenvalue weighted by atomic mass is 32.1. The number of hydrogen-bond donors (Lipinski definition) is 1. The van der Waals surface area contributed by atoms with Gasteiger partial charge in [-0.25, -0.2) is 4.98 Å². The zero-order valence-corrected chi connectivity index (χ0v) is 12.2. The number of aryl methyl sites for hydroxylation is 1. The van der Waals surface area contributed by atoms with Crippen molar-refractivity contribution in [1.82, 2.24) is 9.88 Å². The molecule has 20 heavy (non-hydrogen) atoms. The molecule has 0 atom stereocenters. The first kappa shape index (κ1) is 13.1. The quantitative estimate of drug-likeness (QED) is 0.880.